The normalized spacial score (nSPS) is 11.9. The Morgan fingerprint density at radius 1 is 1.14 bits per heavy atom. The predicted molar refractivity (Wildman–Crippen MR) is 115 cm³/mol. The molecule has 0 radical (unpaired) electrons. The van der Waals surface area contributed by atoms with Crippen molar-refractivity contribution in [3.63, 3.8) is 0 Å². The molecule has 28 heavy (non-hydrogen) atoms. The van der Waals surface area contributed by atoms with Crippen LogP contribution in [0.2, 0.25) is 5.02 Å². The molecule has 3 rings (SSSR count). The zero-order valence-corrected chi connectivity index (χ0v) is 16.4. The summed E-state index contributed by atoms with van der Waals surface area (Å²) in [6.07, 6.45) is 6.87. The van der Waals surface area contributed by atoms with Gasteiger partial charge in [-0.1, -0.05) is 41.9 Å². The molecule has 5 heteroatoms. The summed E-state index contributed by atoms with van der Waals surface area (Å²) in [5, 5.41) is 7.01. The Hall–Kier alpha value is -3.11. The molecule has 1 heterocycles. The van der Waals surface area contributed by atoms with Crippen LogP contribution in [-0.4, -0.2) is 10.9 Å². The number of halogens is 1. The summed E-state index contributed by atoms with van der Waals surface area (Å²) >= 11 is 5.96. The summed E-state index contributed by atoms with van der Waals surface area (Å²) in [5.41, 5.74) is 4.02. The highest BCUT2D eigenvalue weighted by Crippen LogP contribution is 2.18. The molecule has 1 atom stereocenters. The van der Waals surface area contributed by atoms with E-state index in [9.17, 15) is 4.79 Å². The van der Waals surface area contributed by atoms with Crippen molar-refractivity contribution in [3.8, 4) is 0 Å². The fourth-order valence-electron chi connectivity index (χ4n) is 2.75. The maximum absolute atomic E-state index is 12.2. The minimum Gasteiger partial charge on any atom is -0.381 e. The number of carbonyl (C=O) groups is 1. The molecule has 0 spiro atoms. The number of nitrogens with one attached hydrogen (secondary N) is 2. The number of rotatable bonds is 7. The van der Waals surface area contributed by atoms with Gasteiger partial charge in [-0.3, -0.25) is 9.78 Å². The van der Waals surface area contributed by atoms with E-state index in [2.05, 4.69) is 15.6 Å². The molecule has 0 aliphatic heterocycles. The highest BCUT2D eigenvalue weighted by molar-refractivity contribution is 6.30. The minimum absolute atomic E-state index is 0.114. The van der Waals surface area contributed by atoms with E-state index in [1.807, 2.05) is 67.7 Å². The van der Waals surface area contributed by atoms with Crippen molar-refractivity contribution in [1.29, 1.82) is 0 Å². The molecule has 2 aromatic carbocycles. The van der Waals surface area contributed by atoms with Crippen molar-refractivity contribution in [2.45, 2.75) is 19.5 Å². The van der Waals surface area contributed by atoms with Gasteiger partial charge >= 0.3 is 0 Å². The summed E-state index contributed by atoms with van der Waals surface area (Å²) in [7, 11) is 0. The van der Waals surface area contributed by atoms with Gasteiger partial charge in [0, 0.05) is 35.7 Å². The number of pyridine rings is 1. The van der Waals surface area contributed by atoms with Gasteiger partial charge < -0.3 is 10.6 Å². The van der Waals surface area contributed by atoms with E-state index in [0.717, 1.165) is 22.4 Å². The van der Waals surface area contributed by atoms with E-state index in [1.54, 1.807) is 18.3 Å². The first-order valence-corrected chi connectivity index (χ1v) is 9.45. The van der Waals surface area contributed by atoms with Crippen LogP contribution in [-0.2, 0) is 11.3 Å². The number of nitrogens with zero attached hydrogens (tertiary/aromatic N) is 1. The van der Waals surface area contributed by atoms with Gasteiger partial charge in [0.1, 0.15) is 0 Å². The van der Waals surface area contributed by atoms with Gasteiger partial charge in [-0.15, -0.1) is 0 Å². The summed E-state index contributed by atoms with van der Waals surface area (Å²) in [6, 6.07) is 19.2. The Labute approximate surface area is 170 Å². The second-order valence-corrected chi connectivity index (χ2v) is 6.90. The molecule has 1 aromatic heterocycles. The van der Waals surface area contributed by atoms with Crippen LogP contribution in [0.25, 0.3) is 6.08 Å². The molecule has 0 fully saturated rings. The lowest BCUT2D eigenvalue weighted by Gasteiger charge is -2.15. The Kier molecular flexibility index (Phi) is 6.82. The van der Waals surface area contributed by atoms with E-state index in [0.29, 0.717) is 11.6 Å². The number of anilines is 1. The van der Waals surface area contributed by atoms with E-state index < -0.39 is 0 Å². The molecule has 4 nitrogen and oxygen atoms in total. The zero-order chi connectivity index (χ0) is 19.8. The summed E-state index contributed by atoms with van der Waals surface area (Å²) in [4.78, 5) is 16.3. The van der Waals surface area contributed by atoms with Crippen LogP contribution < -0.4 is 10.6 Å². The first kappa shape index (κ1) is 19.6. The van der Waals surface area contributed by atoms with Gasteiger partial charge in [-0.25, -0.2) is 0 Å². The molecule has 3 aromatic rings. The number of benzene rings is 2. The number of hydrogen-bond donors (Lipinski definition) is 2. The van der Waals surface area contributed by atoms with E-state index >= 15 is 0 Å². The standard InChI is InChI=1S/C23H22ClN3O/c1-17(27-23(28)11-10-18-5-2-8-21(24)13-18)20-7-3-9-22(14-20)26-16-19-6-4-12-25-15-19/h2-15,17,26H,16H2,1H3,(H,27,28). The van der Waals surface area contributed by atoms with Gasteiger partial charge in [0.2, 0.25) is 5.91 Å². The minimum atomic E-state index is -0.152. The van der Waals surface area contributed by atoms with Crippen molar-refractivity contribution in [1.82, 2.24) is 10.3 Å². The Morgan fingerprint density at radius 3 is 2.79 bits per heavy atom. The lowest BCUT2D eigenvalue weighted by atomic mass is 10.1. The second kappa shape index (κ2) is 9.72. The maximum atomic E-state index is 12.2. The molecule has 1 amide bonds. The zero-order valence-electron chi connectivity index (χ0n) is 15.6. The average molecular weight is 392 g/mol. The van der Waals surface area contributed by atoms with E-state index in [-0.39, 0.29) is 11.9 Å². The lowest BCUT2D eigenvalue weighted by molar-refractivity contribution is -0.117. The van der Waals surface area contributed by atoms with Crippen molar-refractivity contribution in [2.24, 2.45) is 0 Å². The Morgan fingerprint density at radius 2 is 2.00 bits per heavy atom. The molecular formula is C23H22ClN3O. The van der Waals surface area contributed by atoms with Gasteiger partial charge in [0.25, 0.3) is 0 Å². The molecule has 0 aliphatic rings. The Balaban J connectivity index is 1.57. The van der Waals surface area contributed by atoms with Crippen molar-refractivity contribution < 1.29 is 4.79 Å². The summed E-state index contributed by atoms with van der Waals surface area (Å²) in [6.45, 7) is 2.66. The van der Waals surface area contributed by atoms with Crippen molar-refractivity contribution >= 4 is 29.3 Å². The van der Waals surface area contributed by atoms with Gasteiger partial charge in [0.15, 0.2) is 0 Å². The molecular weight excluding hydrogens is 370 g/mol. The van der Waals surface area contributed by atoms with E-state index in [1.165, 1.54) is 6.08 Å². The third-order valence-electron chi connectivity index (χ3n) is 4.24. The fraction of sp³-hybridized carbons (Fsp3) is 0.130. The smallest absolute Gasteiger partial charge is 0.244 e. The maximum Gasteiger partial charge on any atom is 0.244 e. The van der Waals surface area contributed by atoms with Gasteiger partial charge in [-0.05, 0) is 60.0 Å². The average Bonchev–Trinajstić information content (AvgIpc) is 2.72. The topological polar surface area (TPSA) is 54.0 Å². The first-order valence-electron chi connectivity index (χ1n) is 9.07. The first-order chi connectivity index (χ1) is 13.6. The van der Waals surface area contributed by atoms with Crippen molar-refractivity contribution in [3.05, 3.63) is 101 Å². The molecule has 1 unspecified atom stereocenters. The van der Waals surface area contributed by atoms with E-state index in [4.69, 9.17) is 11.6 Å². The fourth-order valence-corrected chi connectivity index (χ4v) is 2.95. The molecule has 0 bridgehead atoms. The van der Waals surface area contributed by atoms with Gasteiger partial charge in [0.05, 0.1) is 6.04 Å². The number of aromatic nitrogens is 1. The number of carbonyl (C=O) groups excluding carboxylic acids is 1. The van der Waals surface area contributed by atoms with Crippen molar-refractivity contribution in [2.75, 3.05) is 5.32 Å². The van der Waals surface area contributed by atoms with Crippen LogP contribution in [0.3, 0.4) is 0 Å². The SMILES string of the molecule is CC(NC(=O)C=Cc1cccc(Cl)c1)c1cccc(NCc2cccnc2)c1. The molecule has 0 aliphatic carbocycles. The van der Waals surface area contributed by atoms with Crippen LogP contribution in [0, 0.1) is 0 Å². The second-order valence-electron chi connectivity index (χ2n) is 6.46. The van der Waals surface area contributed by atoms with Crippen LogP contribution in [0.5, 0.6) is 0 Å². The molecule has 142 valence electrons. The molecule has 2 N–H and O–H groups in total. The number of hydrogen-bond acceptors (Lipinski definition) is 3. The van der Waals surface area contributed by atoms with Crippen LogP contribution in [0.1, 0.15) is 29.7 Å². The Bertz CT molecular complexity index is 957. The molecule has 0 saturated heterocycles. The largest absolute Gasteiger partial charge is 0.381 e. The quantitative estimate of drug-likeness (QED) is 0.541. The lowest BCUT2D eigenvalue weighted by Crippen LogP contribution is -2.24. The monoisotopic (exact) mass is 391 g/mol. The van der Waals surface area contributed by atoms with Crippen LogP contribution in [0.4, 0.5) is 5.69 Å². The summed E-state index contributed by atoms with van der Waals surface area (Å²) in [5.74, 6) is -0.152. The third kappa shape index (κ3) is 5.96. The third-order valence-corrected chi connectivity index (χ3v) is 4.48. The van der Waals surface area contributed by atoms with Crippen LogP contribution in [0.15, 0.2) is 79.1 Å². The van der Waals surface area contributed by atoms with Crippen LogP contribution >= 0.6 is 11.6 Å². The predicted octanol–water partition coefficient (Wildman–Crippen LogP) is 5.24. The summed E-state index contributed by atoms with van der Waals surface area (Å²) < 4.78 is 0. The highest BCUT2D eigenvalue weighted by atomic mass is 35.5. The number of amides is 1. The highest BCUT2D eigenvalue weighted by Gasteiger charge is 2.08. The molecule has 0 saturated carbocycles. The van der Waals surface area contributed by atoms with Gasteiger partial charge in [-0.2, -0.15) is 0 Å².